The fourth-order valence-electron chi connectivity index (χ4n) is 4.81. The van der Waals surface area contributed by atoms with Crippen LogP contribution < -0.4 is 10.1 Å². The van der Waals surface area contributed by atoms with Gasteiger partial charge in [0.25, 0.3) is 11.5 Å². The van der Waals surface area contributed by atoms with Gasteiger partial charge in [-0.25, -0.2) is 18.2 Å². The number of imide groups is 1. The predicted octanol–water partition coefficient (Wildman–Crippen LogP) is 5.51. The Morgan fingerprint density at radius 1 is 1.00 bits per heavy atom. The third-order valence-electron chi connectivity index (χ3n) is 7.25. The van der Waals surface area contributed by atoms with Gasteiger partial charge in [0.05, 0.1) is 6.54 Å². The molecular formula is C29H27F6N3O6S. The molecule has 0 spiro atoms. The van der Waals surface area contributed by atoms with Crippen molar-refractivity contribution in [2.45, 2.75) is 61.8 Å². The second kappa shape index (κ2) is 11.6. The quantitative estimate of drug-likeness (QED) is 0.229. The summed E-state index contributed by atoms with van der Waals surface area (Å²) in [4.78, 5) is 31.0. The lowest BCUT2D eigenvalue weighted by atomic mass is 9.90. The van der Waals surface area contributed by atoms with E-state index in [1.807, 2.05) is 0 Å². The van der Waals surface area contributed by atoms with E-state index in [4.69, 9.17) is 4.74 Å². The second-order valence-corrected chi connectivity index (χ2v) is 12.6. The van der Waals surface area contributed by atoms with E-state index in [-0.39, 0.29) is 40.6 Å². The molecule has 1 aliphatic heterocycles. The van der Waals surface area contributed by atoms with Gasteiger partial charge in [-0.2, -0.15) is 26.3 Å². The van der Waals surface area contributed by atoms with Crippen LogP contribution in [-0.4, -0.2) is 54.0 Å². The van der Waals surface area contributed by atoms with Crippen molar-refractivity contribution in [1.82, 2.24) is 15.2 Å². The maximum atomic E-state index is 13.4. The number of aliphatic hydroxyl groups is 1. The van der Waals surface area contributed by atoms with Crippen LogP contribution in [0.3, 0.4) is 0 Å². The van der Waals surface area contributed by atoms with Crippen molar-refractivity contribution in [2.24, 2.45) is 0 Å². The molecule has 1 unspecified atom stereocenters. The highest BCUT2D eigenvalue weighted by Gasteiger charge is 2.71. The Bertz CT molecular complexity index is 1710. The first kappa shape index (κ1) is 33.7. The molecule has 3 aromatic rings. The minimum absolute atomic E-state index is 0.0207. The average molecular weight is 660 g/mol. The van der Waals surface area contributed by atoms with Crippen molar-refractivity contribution < 1.29 is 54.2 Å². The molecule has 45 heavy (non-hydrogen) atoms. The zero-order valence-corrected chi connectivity index (χ0v) is 24.8. The Morgan fingerprint density at radius 3 is 2.22 bits per heavy atom. The maximum absolute atomic E-state index is 13.4. The number of carbonyl (C=O) groups is 2. The molecule has 4 rings (SSSR count). The van der Waals surface area contributed by atoms with Crippen LogP contribution in [-0.2, 0) is 38.7 Å². The number of pyridine rings is 1. The van der Waals surface area contributed by atoms with Crippen LogP contribution in [0.1, 0.15) is 42.5 Å². The monoisotopic (exact) mass is 659 g/mol. The molecule has 9 nitrogen and oxygen atoms in total. The van der Waals surface area contributed by atoms with E-state index in [2.05, 4.69) is 10.3 Å². The van der Waals surface area contributed by atoms with Gasteiger partial charge in [-0.05, 0) is 54.8 Å². The van der Waals surface area contributed by atoms with E-state index in [0.29, 0.717) is 24.1 Å². The normalized spacial score (nSPS) is 17.9. The highest BCUT2D eigenvalue weighted by atomic mass is 32.2. The van der Waals surface area contributed by atoms with Crippen molar-refractivity contribution >= 4 is 21.8 Å². The number of nitrogens with zero attached hydrogens (tertiary/aromatic N) is 2. The standard InChI is InChI=1S/C29H27F6N3O6S/c1-4-6-18-14-19(27(41,28(30,31)32)29(33,34)35)9-11-22(18)44-21-8-5-7-17(13-21)16-38-24(39)26(2,37-25(38)40)20-10-12-23(36-15-20)45(3,42)43/h5,7-15,41H,4,6,16H2,1-3H3,(H,37,40). The zero-order valence-electron chi connectivity index (χ0n) is 24.0. The molecule has 0 radical (unpaired) electrons. The van der Waals surface area contributed by atoms with Gasteiger partial charge in [-0.1, -0.05) is 37.6 Å². The number of alkyl halides is 6. The Kier molecular flexibility index (Phi) is 8.71. The molecule has 2 N–H and O–H groups in total. The average Bonchev–Trinajstić information content (AvgIpc) is 3.16. The van der Waals surface area contributed by atoms with Crippen LogP contribution in [0.25, 0.3) is 0 Å². The third-order valence-corrected chi connectivity index (χ3v) is 8.25. The number of ether oxygens (including phenoxy) is 1. The largest absolute Gasteiger partial charge is 0.457 e. The fraction of sp³-hybridized carbons (Fsp3) is 0.345. The molecule has 1 aromatic heterocycles. The molecule has 1 saturated heterocycles. The van der Waals surface area contributed by atoms with E-state index >= 15 is 0 Å². The van der Waals surface area contributed by atoms with Gasteiger partial charge in [0.1, 0.15) is 17.0 Å². The molecule has 16 heteroatoms. The lowest BCUT2D eigenvalue weighted by Gasteiger charge is -2.33. The summed E-state index contributed by atoms with van der Waals surface area (Å²) in [6.07, 6.45) is -9.59. The van der Waals surface area contributed by atoms with Gasteiger partial charge in [-0.3, -0.25) is 9.69 Å². The summed E-state index contributed by atoms with van der Waals surface area (Å²) in [5.41, 5.74) is -7.45. The predicted molar refractivity (Wildman–Crippen MR) is 147 cm³/mol. The lowest BCUT2D eigenvalue weighted by Crippen LogP contribution is -2.53. The number of hydrogen-bond acceptors (Lipinski definition) is 7. The number of benzene rings is 2. The number of hydrogen-bond donors (Lipinski definition) is 2. The number of halogens is 6. The summed E-state index contributed by atoms with van der Waals surface area (Å²) in [7, 11) is -3.60. The molecule has 1 aliphatic rings. The number of amides is 3. The lowest BCUT2D eigenvalue weighted by molar-refractivity contribution is -0.376. The van der Waals surface area contributed by atoms with Crippen LogP contribution in [0.5, 0.6) is 11.5 Å². The zero-order chi connectivity index (χ0) is 33.6. The van der Waals surface area contributed by atoms with Gasteiger partial charge in [-0.15, -0.1) is 0 Å². The first-order chi connectivity index (χ1) is 20.7. The molecule has 1 fully saturated rings. The molecule has 2 aromatic carbocycles. The molecule has 1 atom stereocenters. The van der Waals surface area contributed by atoms with Crippen LogP contribution in [0.15, 0.2) is 65.8 Å². The topological polar surface area (TPSA) is 126 Å². The number of aromatic nitrogens is 1. The summed E-state index contributed by atoms with van der Waals surface area (Å²) < 4.78 is 110. The Labute approximate surface area is 253 Å². The second-order valence-electron chi connectivity index (χ2n) is 10.6. The molecule has 0 bridgehead atoms. The van der Waals surface area contributed by atoms with Crippen molar-refractivity contribution in [3.05, 3.63) is 83.0 Å². The number of rotatable bonds is 9. The van der Waals surface area contributed by atoms with Crippen LogP contribution in [0.4, 0.5) is 31.1 Å². The minimum atomic E-state index is -6.04. The van der Waals surface area contributed by atoms with E-state index in [9.17, 15) is 49.5 Å². The fourth-order valence-corrected chi connectivity index (χ4v) is 5.36. The molecule has 0 aliphatic carbocycles. The SMILES string of the molecule is CCCc1cc(C(O)(C(F)(F)F)C(F)(F)F)ccc1Oc1cccc(CN2C(=O)NC(C)(c3ccc(S(C)(=O)=O)nc3)C2=O)c1. The van der Waals surface area contributed by atoms with Gasteiger partial charge in [0, 0.05) is 23.6 Å². The van der Waals surface area contributed by atoms with E-state index < -0.39 is 50.8 Å². The number of sulfone groups is 1. The molecule has 242 valence electrons. The summed E-state index contributed by atoms with van der Waals surface area (Å²) >= 11 is 0. The number of carbonyl (C=O) groups excluding carboxylic acids is 2. The summed E-state index contributed by atoms with van der Waals surface area (Å²) in [5, 5.41) is 12.2. The number of urea groups is 1. The highest BCUT2D eigenvalue weighted by Crippen LogP contribution is 2.50. The van der Waals surface area contributed by atoms with Gasteiger partial charge in [0.2, 0.25) is 0 Å². The number of aryl methyl sites for hydroxylation is 1. The highest BCUT2D eigenvalue weighted by molar-refractivity contribution is 7.90. The van der Waals surface area contributed by atoms with Gasteiger partial charge < -0.3 is 15.2 Å². The Hall–Kier alpha value is -4.18. The van der Waals surface area contributed by atoms with Crippen molar-refractivity contribution in [2.75, 3.05) is 6.26 Å². The maximum Gasteiger partial charge on any atom is 0.430 e. The van der Waals surface area contributed by atoms with E-state index in [1.165, 1.54) is 43.5 Å². The van der Waals surface area contributed by atoms with Crippen LogP contribution in [0, 0.1) is 0 Å². The summed E-state index contributed by atoms with van der Waals surface area (Å²) in [5.74, 6) is -0.609. The van der Waals surface area contributed by atoms with E-state index in [1.54, 1.807) is 13.0 Å². The van der Waals surface area contributed by atoms with Gasteiger partial charge >= 0.3 is 18.4 Å². The van der Waals surface area contributed by atoms with Gasteiger partial charge in [0.15, 0.2) is 14.9 Å². The first-order valence-corrected chi connectivity index (χ1v) is 15.2. The smallest absolute Gasteiger partial charge is 0.430 e. The summed E-state index contributed by atoms with van der Waals surface area (Å²) in [6, 6.07) is 9.80. The summed E-state index contributed by atoms with van der Waals surface area (Å²) in [6.45, 7) is 2.84. The molecule has 0 saturated carbocycles. The third kappa shape index (κ3) is 6.33. The van der Waals surface area contributed by atoms with Crippen molar-refractivity contribution in [3.8, 4) is 11.5 Å². The van der Waals surface area contributed by atoms with E-state index in [0.717, 1.165) is 17.2 Å². The molecular weight excluding hydrogens is 632 g/mol. The molecule has 3 amide bonds. The number of nitrogens with one attached hydrogen (secondary N) is 1. The Balaban J connectivity index is 1.59. The first-order valence-electron chi connectivity index (χ1n) is 13.3. The molecule has 2 heterocycles. The van der Waals surface area contributed by atoms with Crippen LogP contribution in [0.2, 0.25) is 0 Å². The van der Waals surface area contributed by atoms with Crippen molar-refractivity contribution in [3.63, 3.8) is 0 Å². The Morgan fingerprint density at radius 2 is 1.67 bits per heavy atom. The van der Waals surface area contributed by atoms with Crippen molar-refractivity contribution in [1.29, 1.82) is 0 Å². The minimum Gasteiger partial charge on any atom is -0.457 e. The van der Waals surface area contributed by atoms with Crippen LogP contribution >= 0.6 is 0 Å².